The van der Waals surface area contributed by atoms with E-state index >= 15 is 0 Å². The van der Waals surface area contributed by atoms with Gasteiger partial charge in [-0.1, -0.05) is 18.2 Å². The highest BCUT2D eigenvalue weighted by molar-refractivity contribution is 7.97. The average Bonchev–Trinajstić information content (AvgIpc) is 2.16. The normalized spacial score (nSPS) is 11.4. The van der Waals surface area contributed by atoms with Crippen LogP contribution in [0.1, 0.15) is 6.92 Å². The maximum atomic E-state index is 10.3. The number of rotatable bonds is 3. The van der Waals surface area contributed by atoms with Gasteiger partial charge in [0, 0.05) is 5.69 Å². The molecule has 0 heterocycles. The van der Waals surface area contributed by atoms with Gasteiger partial charge in [0.25, 0.3) is 10.1 Å². The SMILES string of the molecule is CCS(=O)(=O)OS(=O)(=O)O.Nc1ccccc1. The van der Waals surface area contributed by atoms with Crippen molar-refractivity contribution < 1.29 is 25.0 Å². The number of hydrogen-bond donors (Lipinski definition) is 2. The van der Waals surface area contributed by atoms with Gasteiger partial charge in [-0.15, -0.1) is 3.63 Å². The van der Waals surface area contributed by atoms with E-state index in [9.17, 15) is 16.8 Å². The highest BCUT2D eigenvalue weighted by atomic mass is 32.3. The van der Waals surface area contributed by atoms with E-state index in [1.807, 2.05) is 30.3 Å². The van der Waals surface area contributed by atoms with Crippen LogP contribution in [0.3, 0.4) is 0 Å². The number of nitrogens with two attached hydrogens (primary N) is 1. The summed E-state index contributed by atoms with van der Waals surface area (Å²) in [6.07, 6.45) is 0. The Morgan fingerprint density at radius 1 is 1.18 bits per heavy atom. The van der Waals surface area contributed by atoms with E-state index in [1.54, 1.807) is 0 Å². The number of benzene rings is 1. The van der Waals surface area contributed by atoms with Gasteiger partial charge in [0.15, 0.2) is 0 Å². The molecule has 0 fully saturated rings. The van der Waals surface area contributed by atoms with Crippen molar-refractivity contribution in [2.75, 3.05) is 11.5 Å². The minimum absolute atomic E-state index is 0.507. The first-order valence-corrected chi connectivity index (χ1v) is 7.32. The van der Waals surface area contributed by atoms with Gasteiger partial charge in [-0.3, -0.25) is 4.55 Å². The third-order valence-electron chi connectivity index (χ3n) is 1.34. The maximum absolute atomic E-state index is 10.3. The predicted octanol–water partition coefficient (Wildman–Crippen LogP) is 0.424. The first-order valence-electron chi connectivity index (χ1n) is 4.38. The van der Waals surface area contributed by atoms with Crippen molar-refractivity contribution in [2.24, 2.45) is 0 Å². The first-order chi connectivity index (χ1) is 7.66. The fourth-order valence-corrected chi connectivity index (χ4v) is 2.07. The van der Waals surface area contributed by atoms with Crippen molar-refractivity contribution in [3.05, 3.63) is 30.3 Å². The molecule has 3 N–H and O–H groups in total. The Bertz CT molecular complexity index is 522. The quantitative estimate of drug-likeness (QED) is 0.608. The molecule has 0 spiro atoms. The zero-order valence-electron chi connectivity index (χ0n) is 8.98. The van der Waals surface area contributed by atoms with Crippen molar-refractivity contribution >= 4 is 26.2 Å². The summed E-state index contributed by atoms with van der Waals surface area (Å²) in [7, 11) is -9.00. The Morgan fingerprint density at radius 2 is 1.65 bits per heavy atom. The van der Waals surface area contributed by atoms with Gasteiger partial charge in [-0.2, -0.15) is 16.8 Å². The topological polar surface area (TPSA) is 124 Å². The Balaban J connectivity index is 0.000000318. The minimum Gasteiger partial charge on any atom is -0.399 e. The van der Waals surface area contributed by atoms with Gasteiger partial charge in [0.2, 0.25) is 0 Å². The molecule has 0 saturated carbocycles. The van der Waals surface area contributed by atoms with E-state index < -0.39 is 26.3 Å². The minimum atomic E-state index is -4.88. The number of anilines is 1. The molecule has 0 atom stereocenters. The van der Waals surface area contributed by atoms with E-state index in [1.165, 1.54) is 6.92 Å². The molecule has 0 bridgehead atoms. The van der Waals surface area contributed by atoms with Gasteiger partial charge in [-0.25, -0.2) is 0 Å². The second-order valence-corrected chi connectivity index (χ2v) is 5.85. The second-order valence-electron chi connectivity index (χ2n) is 2.75. The molecule has 1 aromatic carbocycles. The van der Waals surface area contributed by atoms with Crippen molar-refractivity contribution in [1.82, 2.24) is 0 Å². The summed E-state index contributed by atoms with van der Waals surface area (Å²) in [5, 5.41) is 0. The van der Waals surface area contributed by atoms with E-state index in [0.29, 0.717) is 0 Å². The summed E-state index contributed by atoms with van der Waals surface area (Å²) in [5.41, 5.74) is 6.18. The lowest BCUT2D eigenvalue weighted by Gasteiger charge is -1.95. The molecule has 1 rings (SSSR count). The van der Waals surface area contributed by atoms with Crippen molar-refractivity contribution in [1.29, 1.82) is 0 Å². The van der Waals surface area contributed by atoms with Crippen molar-refractivity contribution in [2.45, 2.75) is 6.92 Å². The molecule has 17 heavy (non-hydrogen) atoms. The molecule has 0 saturated heterocycles. The van der Waals surface area contributed by atoms with Crippen LogP contribution < -0.4 is 5.73 Å². The molecular formula is C8H13NO6S2. The summed E-state index contributed by atoms with van der Waals surface area (Å²) >= 11 is 0. The van der Waals surface area contributed by atoms with Gasteiger partial charge in [-0.05, 0) is 19.1 Å². The summed E-state index contributed by atoms with van der Waals surface area (Å²) in [5.74, 6) is -0.507. The van der Waals surface area contributed by atoms with Gasteiger partial charge in [0.05, 0.1) is 5.75 Å². The fourth-order valence-electron chi connectivity index (χ4n) is 0.632. The van der Waals surface area contributed by atoms with E-state index in [2.05, 4.69) is 3.63 Å². The zero-order valence-corrected chi connectivity index (χ0v) is 10.6. The molecule has 0 aliphatic heterocycles. The average molecular weight is 283 g/mol. The molecule has 9 heteroatoms. The molecule has 7 nitrogen and oxygen atoms in total. The Kier molecular flexibility index (Phi) is 6.10. The van der Waals surface area contributed by atoms with E-state index in [0.717, 1.165) is 5.69 Å². The lowest BCUT2D eigenvalue weighted by molar-refractivity contribution is 0.384. The summed E-state index contributed by atoms with van der Waals surface area (Å²) in [4.78, 5) is 0. The van der Waals surface area contributed by atoms with Gasteiger partial charge in [0.1, 0.15) is 0 Å². The number of hydrogen-bond acceptors (Lipinski definition) is 6. The number of nitrogen functional groups attached to an aromatic ring is 1. The predicted molar refractivity (Wildman–Crippen MR) is 62.9 cm³/mol. The standard InChI is InChI=1S/C6H7N.C2H6O6S2/c7-6-4-2-1-3-5-6;1-2-9(3,4)8-10(5,6)7/h1-5H,7H2;2H2,1H3,(H,5,6,7). The van der Waals surface area contributed by atoms with Crippen LogP contribution in [0, 0.1) is 0 Å². The summed E-state index contributed by atoms with van der Waals surface area (Å²) in [6.45, 7) is 1.18. The second kappa shape index (κ2) is 6.55. The molecule has 0 amide bonds. The molecule has 0 aliphatic rings. The third kappa shape index (κ3) is 9.75. The number of para-hydroxylation sites is 1. The van der Waals surface area contributed by atoms with Crippen LogP contribution in [0.5, 0.6) is 0 Å². The van der Waals surface area contributed by atoms with Crippen molar-refractivity contribution in [3.8, 4) is 0 Å². The Labute approximate surface area is 100 Å². The van der Waals surface area contributed by atoms with Crippen LogP contribution in [0.4, 0.5) is 5.69 Å². The summed E-state index contributed by atoms with van der Waals surface area (Å²) in [6, 6.07) is 9.49. The van der Waals surface area contributed by atoms with Crippen molar-refractivity contribution in [3.63, 3.8) is 0 Å². The smallest absolute Gasteiger partial charge is 0.399 e. The monoisotopic (exact) mass is 283 g/mol. The molecule has 0 aromatic heterocycles. The zero-order chi connectivity index (χ0) is 13.5. The first kappa shape index (κ1) is 15.8. The molecule has 0 radical (unpaired) electrons. The van der Waals surface area contributed by atoms with E-state index in [4.69, 9.17) is 10.3 Å². The largest absolute Gasteiger partial charge is 0.412 e. The molecule has 0 unspecified atom stereocenters. The van der Waals surface area contributed by atoms with Crippen LogP contribution in [0.2, 0.25) is 0 Å². The maximum Gasteiger partial charge on any atom is 0.412 e. The lowest BCUT2D eigenvalue weighted by Crippen LogP contribution is -2.13. The van der Waals surface area contributed by atoms with Gasteiger partial charge < -0.3 is 5.73 Å². The third-order valence-corrected chi connectivity index (χ3v) is 3.57. The van der Waals surface area contributed by atoms with Crippen LogP contribution in [-0.2, 0) is 24.1 Å². The Morgan fingerprint density at radius 3 is 1.82 bits per heavy atom. The van der Waals surface area contributed by atoms with Crippen LogP contribution in [0.15, 0.2) is 30.3 Å². The van der Waals surface area contributed by atoms with Gasteiger partial charge >= 0.3 is 10.4 Å². The van der Waals surface area contributed by atoms with Crippen LogP contribution >= 0.6 is 0 Å². The lowest BCUT2D eigenvalue weighted by atomic mass is 10.3. The highest BCUT2D eigenvalue weighted by Crippen LogP contribution is 1.97. The molecule has 0 aliphatic carbocycles. The highest BCUT2D eigenvalue weighted by Gasteiger charge is 2.17. The summed E-state index contributed by atoms with van der Waals surface area (Å²) < 4.78 is 51.2. The van der Waals surface area contributed by atoms with Crippen LogP contribution in [-0.4, -0.2) is 27.1 Å². The Hall–Kier alpha value is -1.16. The molecular weight excluding hydrogens is 270 g/mol. The molecule has 98 valence electrons. The fraction of sp³-hybridized carbons (Fsp3) is 0.250. The molecule has 1 aromatic rings. The van der Waals surface area contributed by atoms with Crippen LogP contribution in [0.25, 0.3) is 0 Å². The van der Waals surface area contributed by atoms with E-state index in [-0.39, 0.29) is 0 Å².